The molecular formula is C15H24N2O3S. The summed E-state index contributed by atoms with van der Waals surface area (Å²) in [7, 11) is -0.968. The quantitative estimate of drug-likeness (QED) is 0.773. The number of carbonyl (C=O) groups is 1. The highest BCUT2D eigenvalue weighted by Crippen LogP contribution is 2.20. The molecule has 118 valence electrons. The third-order valence-corrected chi connectivity index (χ3v) is 5.12. The number of piperidine rings is 1. The molecule has 1 aromatic rings. The van der Waals surface area contributed by atoms with Crippen LogP contribution in [-0.4, -0.2) is 48.8 Å². The fraction of sp³-hybridized carbons (Fsp3) is 0.667. The number of rotatable bonds is 5. The monoisotopic (exact) mass is 312 g/mol. The Balaban J connectivity index is 2.01. The van der Waals surface area contributed by atoms with Crippen LogP contribution in [0.25, 0.3) is 0 Å². The first kappa shape index (κ1) is 16.2. The SMILES string of the molecule is CC(=O)c1cc(CN2CCC[C@@H](CS(C)(=O)=O)C2)n(C)c1. The fourth-order valence-corrected chi connectivity index (χ4v) is 4.18. The molecule has 1 atom stereocenters. The number of sulfone groups is 1. The van der Waals surface area contributed by atoms with Gasteiger partial charge in [-0.05, 0) is 38.3 Å². The Hall–Kier alpha value is -1.14. The molecule has 21 heavy (non-hydrogen) atoms. The first-order chi connectivity index (χ1) is 9.74. The van der Waals surface area contributed by atoms with Crippen LogP contribution in [0.2, 0.25) is 0 Å². The van der Waals surface area contributed by atoms with E-state index in [0.717, 1.165) is 43.7 Å². The van der Waals surface area contributed by atoms with Crippen molar-refractivity contribution in [2.24, 2.45) is 13.0 Å². The molecule has 6 heteroatoms. The van der Waals surface area contributed by atoms with Gasteiger partial charge in [0.2, 0.25) is 0 Å². The van der Waals surface area contributed by atoms with E-state index in [4.69, 9.17) is 0 Å². The number of likely N-dealkylation sites (tertiary alicyclic amines) is 1. The van der Waals surface area contributed by atoms with Crippen LogP contribution in [0.1, 0.15) is 35.8 Å². The summed E-state index contributed by atoms with van der Waals surface area (Å²) in [5.41, 5.74) is 1.83. The molecule has 2 rings (SSSR count). The van der Waals surface area contributed by atoms with Gasteiger partial charge in [-0.1, -0.05) is 0 Å². The van der Waals surface area contributed by atoms with Crippen molar-refractivity contribution < 1.29 is 13.2 Å². The van der Waals surface area contributed by atoms with Crippen LogP contribution in [0, 0.1) is 5.92 Å². The largest absolute Gasteiger partial charge is 0.353 e. The molecule has 0 amide bonds. The number of nitrogens with zero attached hydrogens (tertiary/aromatic N) is 2. The van der Waals surface area contributed by atoms with E-state index in [-0.39, 0.29) is 17.5 Å². The molecule has 5 nitrogen and oxygen atoms in total. The number of hydrogen-bond acceptors (Lipinski definition) is 4. The van der Waals surface area contributed by atoms with Gasteiger partial charge in [-0.3, -0.25) is 9.69 Å². The normalized spacial score (nSPS) is 20.6. The maximum Gasteiger partial charge on any atom is 0.161 e. The Morgan fingerprint density at radius 2 is 2.14 bits per heavy atom. The lowest BCUT2D eigenvalue weighted by atomic mass is 10.00. The molecule has 1 saturated heterocycles. The van der Waals surface area contributed by atoms with Gasteiger partial charge in [-0.25, -0.2) is 8.42 Å². The van der Waals surface area contributed by atoms with E-state index in [1.165, 1.54) is 6.26 Å². The van der Waals surface area contributed by atoms with E-state index in [1.807, 2.05) is 23.9 Å². The second-order valence-corrected chi connectivity index (χ2v) is 8.41. The van der Waals surface area contributed by atoms with E-state index in [2.05, 4.69) is 4.90 Å². The minimum Gasteiger partial charge on any atom is -0.353 e. The second kappa shape index (κ2) is 6.32. The lowest BCUT2D eigenvalue weighted by Crippen LogP contribution is -2.37. The highest BCUT2D eigenvalue weighted by atomic mass is 32.2. The molecule has 0 spiro atoms. The molecule has 1 aliphatic rings. The Morgan fingerprint density at radius 1 is 1.43 bits per heavy atom. The molecule has 0 aliphatic carbocycles. The summed E-state index contributed by atoms with van der Waals surface area (Å²) in [6, 6.07) is 1.93. The van der Waals surface area contributed by atoms with Crippen LogP contribution in [0.3, 0.4) is 0 Å². The van der Waals surface area contributed by atoms with Crippen molar-refractivity contribution in [3.05, 3.63) is 23.5 Å². The molecule has 0 saturated carbocycles. The van der Waals surface area contributed by atoms with Gasteiger partial charge in [0.05, 0.1) is 5.75 Å². The summed E-state index contributed by atoms with van der Waals surface area (Å²) in [5.74, 6) is 0.571. The highest BCUT2D eigenvalue weighted by molar-refractivity contribution is 7.90. The Morgan fingerprint density at radius 3 is 2.71 bits per heavy atom. The first-order valence-corrected chi connectivity index (χ1v) is 9.37. The zero-order valence-electron chi connectivity index (χ0n) is 13.0. The summed E-state index contributed by atoms with van der Waals surface area (Å²) in [6.07, 6.45) is 5.18. The number of ketones is 1. The maximum atomic E-state index is 11.4. The number of hydrogen-bond donors (Lipinski definition) is 0. The van der Waals surface area contributed by atoms with Crippen molar-refractivity contribution in [3.63, 3.8) is 0 Å². The van der Waals surface area contributed by atoms with Gasteiger partial charge in [0.1, 0.15) is 9.84 Å². The van der Waals surface area contributed by atoms with Crippen molar-refractivity contribution in [2.45, 2.75) is 26.3 Å². The maximum absolute atomic E-state index is 11.4. The van der Waals surface area contributed by atoms with E-state index in [9.17, 15) is 13.2 Å². The van der Waals surface area contributed by atoms with Crippen LogP contribution >= 0.6 is 0 Å². The molecular weight excluding hydrogens is 288 g/mol. The number of aryl methyl sites for hydroxylation is 1. The molecule has 2 heterocycles. The van der Waals surface area contributed by atoms with Crippen LogP contribution in [0.15, 0.2) is 12.3 Å². The molecule has 0 bridgehead atoms. The minimum absolute atomic E-state index is 0.0745. The summed E-state index contributed by atoms with van der Waals surface area (Å²) in [5, 5.41) is 0. The predicted octanol–water partition coefficient (Wildman–Crippen LogP) is 1.48. The number of aromatic nitrogens is 1. The second-order valence-electron chi connectivity index (χ2n) is 6.22. The van der Waals surface area contributed by atoms with Gasteiger partial charge in [0.25, 0.3) is 0 Å². The van der Waals surface area contributed by atoms with Crippen molar-refractivity contribution in [1.29, 1.82) is 0 Å². The van der Waals surface area contributed by atoms with Crippen molar-refractivity contribution in [3.8, 4) is 0 Å². The average molecular weight is 312 g/mol. The predicted molar refractivity (Wildman–Crippen MR) is 83.1 cm³/mol. The Bertz CT molecular complexity index is 619. The van der Waals surface area contributed by atoms with Gasteiger partial charge in [-0.2, -0.15) is 0 Å². The van der Waals surface area contributed by atoms with E-state index < -0.39 is 9.84 Å². The van der Waals surface area contributed by atoms with E-state index >= 15 is 0 Å². The van der Waals surface area contributed by atoms with Gasteiger partial charge in [0.15, 0.2) is 5.78 Å². The highest BCUT2D eigenvalue weighted by Gasteiger charge is 2.23. The molecule has 0 aromatic carbocycles. The molecule has 1 aromatic heterocycles. The Kier molecular flexibility index (Phi) is 4.88. The Labute approximate surface area is 126 Å². The lowest BCUT2D eigenvalue weighted by Gasteiger charge is -2.32. The van der Waals surface area contributed by atoms with Crippen molar-refractivity contribution in [2.75, 3.05) is 25.1 Å². The average Bonchev–Trinajstić information content (AvgIpc) is 2.69. The van der Waals surface area contributed by atoms with Crippen molar-refractivity contribution >= 4 is 15.6 Å². The lowest BCUT2D eigenvalue weighted by molar-refractivity contribution is 0.101. The van der Waals surface area contributed by atoms with Crippen LogP contribution < -0.4 is 0 Å². The zero-order valence-corrected chi connectivity index (χ0v) is 13.8. The molecule has 0 unspecified atom stereocenters. The molecule has 1 aliphatic heterocycles. The topological polar surface area (TPSA) is 59.4 Å². The van der Waals surface area contributed by atoms with Gasteiger partial charge < -0.3 is 4.57 Å². The first-order valence-electron chi connectivity index (χ1n) is 7.31. The van der Waals surface area contributed by atoms with Gasteiger partial charge >= 0.3 is 0 Å². The molecule has 0 N–H and O–H groups in total. The summed E-state index contributed by atoms with van der Waals surface area (Å²) in [4.78, 5) is 13.7. The number of Topliss-reactive ketones (excluding diaryl/α,β-unsaturated/α-hetero) is 1. The van der Waals surface area contributed by atoms with Crippen LogP contribution in [-0.2, 0) is 23.4 Å². The van der Waals surface area contributed by atoms with E-state index in [1.54, 1.807) is 6.92 Å². The third-order valence-electron chi connectivity index (χ3n) is 4.04. The minimum atomic E-state index is -2.91. The zero-order chi connectivity index (χ0) is 15.6. The van der Waals surface area contributed by atoms with Crippen molar-refractivity contribution in [1.82, 2.24) is 9.47 Å². The van der Waals surface area contributed by atoms with Gasteiger partial charge in [-0.15, -0.1) is 0 Å². The van der Waals surface area contributed by atoms with Gasteiger partial charge in [0, 0.05) is 43.8 Å². The number of carbonyl (C=O) groups excluding carboxylic acids is 1. The standard InChI is InChI=1S/C15H24N2O3S/c1-12(18)14-7-15(16(2)9-14)10-17-6-4-5-13(8-17)11-21(3,19)20/h7,9,13H,4-6,8,10-11H2,1-3H3/t13-/m1/s1. The molecule has 0 radical (unpaired) electrons. The van der Waals surface area contributed by atoms with E-state index in [0.29, 0.717) is 0 Å². The van der Waals surface area contributed by atoms with Crippen LogP contribution in [0.4, 0.5) is 0 Å². The third kappa shape index (κ3) is 4.68. The smallest absolute Gasteiger partial charge is 0.161 e. The summed E-state index contributed by atoms with van der Waals surface area (Å²) >= 11 is 0. The fourth-order valence-electron chi connectivity index (χ4n) is 3.05. The molecule has 1 fully saturated rings. The van der Waals surface area contributed by atoms with Crippen LogP contribution in [0.5, 0.6) is 0 Å². The summed E-state index contributed by atoms with van der Waals surface area (Å²) in [6.45, 7) is 4.14. The summed E-state index contributed by atoms with van der Waals surface area (Å²) < 4.78 is 24.9.